The number of rotatable bonds is 2. The van der Waals surface area contributed by atoms with Crippen molar-refractivity contribution in [2.45, 2.75) is 40.5 Å². The lowest BCUT2D eigenvalue weighted by molar-refractivity contribution is 0.404. The molecule has 0 aromatic carbocycles. The van der Waals surface area contributed by atoms with Crippen molar-refractivity contribution in [3.05, 3.63) is 47.6 Å². The summed E-state index contributed by atoms with van der Waals surface area (Å²) in [5, 5.41) is 0. The van der Waals surface area contributed by atoms with Gasteiger partial charge in [-0.2, -0.15) is 0 Å². The van der Waals surface area contributed by atoms with E-state index in [1.165, 1.54) is 29.6 Å². The first-order chi connectivity index (χ1) is 6.97. The molecule has 0 saturated carbocycles. The second kappa shape index (κ2) is 4.65. The van der Waals surface area contributed by atoms with Crippen LogP contribution in [0.1, 0.15) is 40.5 Å². The highest BCUT2D eigenvalue weighted by Gasteiger charge is 2.25. The van der Waals surface area contributed by atoms with Gasteiger partial charge in [0.15, 0.2) is 0 Å². The Hall–Kier alpha value is -1.04. The Kier molecular flexibility index (Phi) is 3.73. The molecule has 0 radical (unpaired) electrons. The molecule has 0 aromatic rings. The van der Waals surface area contributed by atoms with E-state index in [9.17, 15) is 0 Å². The van der Waals surface area contributed by atoms with E-state index in [4.69, 9.17) is 0 Å². The van der Waals surface area contributed by atoms with Gasteiger partial charge in [-0.1, -0.05) is 55.9 Å². The highest BCUT2D eigenvalue weighted by molar-refractivity contribution is 5.40. The van der Waals surface area contributed by atoms with Gasteiger partial charge in [0.2, 0.25) is 0 Å². The van der Waals surface area contributed by atoms with Crippen molar-refractivity contribution in [2.75, 3.05) is 0 Å². The van der Waals surface area contributed by atoms with E-state index in [-0.39, 0.29) is 0 Å². The zero-order valence-electron chi connectivity index (χ0n) is 10.4. The Bertz CT molecular complexity index is 335. The molecule has 0 atom stereocenters. The lowest BCUT2D eigenvalue weighted by Crippen LogP contribution is -2.18. The van der Waals surface area contributed by atoms with Crippen molar-refractivity contribution < 1.29 is 0 Å². The smallest absolute Gasteiger partial charge is 0.00981 e. The minimum atomic E-state index is 0.316. The van der Waals surface area contributed by atoms with E-state index in [0.29, 0.717) is 5.41 Å². The highest BCUT2D eigenvalue weighted by Crippen LogP contribution is 2.40. The molecule has 0 spiro atoms. The number of allylic oxidation sites excluding steroid dienone is 7. The quantitative estimate of drug-likeness (QED) is 0.564. The topological polar surface area (TPSA) is 0 Å². The van der Waals surface area contributed by atoms with E-state index in [1.807, 2.05) is 6.08 Å². The second-order valence-corrected chi connectivity index (χ2v) is 5.00. The SMILES string of the molecule is C=C/C(C)=C/C=C1/C(C)=CCCC1(C)C. The van der Waals surface area contributed by atoms with Gasteiger partial charge >= 0.3 is 0 Å². The maximum absolute atomic E-state index is 3.77. The van der Waals surface area contributed by atoms with Crippen LogP contribution in [0, 0.1) is 5.41 Å². The van der Waals surface area contributed by atoms with Crippen LogP contribution in [0.2, 0.25) is 0 Å². The average Bonchev–Trinajstić information content (AvgIpc) is 2.15. The van der Waals surface area contributed by atoms with Gasteiger partial charge in [0.1, 0.15) is 0 Å². The first-order valence-electron chi connectivity index (χ1n) is 5.66. The molecule has 0 aromatic heterocycles. The van der Waals surface area contributed by atoms with Crippen molar-refractivity contribution in [1.82, 2.24) is 0 Å². The van der Waals surface area contributed by atoms with E-state index in [2.05, 4.69) is 52.5 Å². The van der Waals surface area contributed by atoms with Crippen LogP contribution < -0.4 is 0 Å². The Morgan fingerprint density at radius 3 is 2.67 bits per heavy atom. The third kappa shape index (κ3) is 2.95. The van der Waals surface area contributed by atoms with Crippen LogP contribution in [0.4, 0.5) is 0 Å². The molecule has 1 aliphatic carbocycles. The molecule has 0 heterocycles. The van der Waals surface area contributed by atoms with E-state index in [1.54, 1.807) is 0 Å². The van der Waals surface area contributed by atoms with Crippen molar-refractivity contribution in [1.29, 1.82) is 0 Å². The van der Waals surface area contributed by atoms with E-state index in [0.717, 1.165) is 0 Å². The third-order valence-corrected chi connectivity index (χ3v) is 3.21. The molecule has 0 unspecified atom stereocenters. The summed E-state index contributed by atoms with van der Waals surface area (Å²) in [5.74, 6) is 0. The number of hydrogen-bond acceptors (Lipinski definition) is 0. The second-order valence-electron chi connectivity index (χ2n) is 5.00. The summed E-state index contributed by atoms with van der Waals surface area (Å²) in [6.45, 7) is 12.7. The fourth-order valence-corrected chi connectivity index (χ4v) is 2.07. The van der Waals surface area contributed by atoms with Crippen LogP contribution >= 0.6 is 0 Å². The molecule has 0 bridgehead atoms. The standard InChI is InChI=1S/C15H22/c1-6-12(2)9-10-14-13(3)8-7-11-15(14,4)5/h6,8-10H,1,7,11H2,2-5H3/b12-9+,14-10-. The predicted octanol–water partition coefficient (Wildman–Crippen LogP) is 4.81. The zero-order chi connectivity index (χ0) is 11.5. The van der Waals surface area contributed by atoms with Gasteiger partial charge in [-0.15, -0.1) is 0 Å². The molecule has 0 N–H and O–H groups in total. The summed E-state index contributed by atoms with van der Waals surface area (Å²) in [7, 11) is 0. The van der Waals surface area contributed by atoms with Crippen molar-refractivity contribution in [3.8, 4) is 0 Å². The first kappa shape index (κ1) is 12.0. The Balaban J connectivity index is 3.04. The molecule has 0 saturated heterocycles. The van der Waals surface area contributed by atoms with Gasteiger partial charge in [0.25, 0.3) is 0 Å². The normalized spacial score (nSPS) is 23.9. The molecule has 0 fully saturated rings. The maximum Gasteiger partial charge on any atom is -0.00981 e. The van der Waals surface area contributed by atoms with E-state index >= 15 is 0 Å². The molecule has 0 heteroatoms. The van der Waals surface area contributed by atoms with Crippen LogP contribution in [0.3, 0.4) is 0 Å². The summed E-state index contributed by atoms with van der Waals surface area (Å²) in [4.78, 5) is 0. The molecule has 15 heavy (non-hydrogen) atoms. The van der Waals surface area contributed by atoms with Crippen molar-refractivity contribution in [2.24, 2.45) is 5.41 Å². The fourth-order valence-electron chi connectivity index (χ4n) is 2.07. The highest BCUT2D eigenvalue weighted by atomic mass is 14.3. The summed E-state index contributed by atoms with van der Waals surface area (Å²) in [6, 6.07) is 0. The molecule has 82 valence electrons. The largest absolute Gasteiger partial charge is 0.0988 e. The Morgan fingerprint density at radius 1 is 1.47 bits per heavy atom. The molecule has 0 aliphatic heterocycles. The van der Waals surface area contributed by atoms with Gasteiger partial charge in [0.05, 0.1) is 0 Å². The van der Waals surface area contributed by atoms with Crippen LogP contribution in [0.15, 0.2) is 47.6 Å². The maximum atomic E-state index is 3.77. The van der Waals surface area contributed by atoms with Crippen LogP contribution in [0.25, 0.3) is 0 Å². The van der Waals surface area contributed by atoms with Crippen LogP contribution in [0.5, 0.6) is 0 Å². The Labute approximate surface area is 94.1 Å². The lowest BCUT2D eigenvalue weighted by Gasteiger charge is -2.32. The molecular formula is C15H22. The van der Waals surface area contributed by atoms with Gasteiger partial charge in [-0.05, 0) is 37.7 Å². The minimum absolute atomic E-state index is 0.316. The lowest BCUT2D eigenvalue weighted by atomic mass is 9.73. The van der Waals surface area contributed by atoms with E-state index < -0.39 is 0 Å². The average molecular weight is 202 g/mol. The summed E-state index contributed by atoms with van der Waals surface area (Å²) in [6.07, 6.45) is 11.1. The minimum Gasteiger partial charge on any atom is -0.0988 e. The zero-order valence-corrected chi connectivity index (χ0v) is 10.4. The monoisotopic (exact) mass is 202 g/mol. The van der Waals surface area contributed by atoms with Crippen molar-refractivity contribution in [3.63, 3.8) is 0 Å². The van der Waals surface area contributed by atoms with Crippen LogP contribution in [-0.4, -0.2) is 0 Å². The predicted molar refractivity (Wildman–Crippen MR) is 68.8 cm³/mol. The molecular weight excluding hydrogens is 180 g/mol. The van der Waals surface area contributed by atoms with Gasteiger partial charge in [-0.25, -0.2) is 0 Å². The molecule has 1 aliphatic rings. The summed E-state index contributed by atoms with van der Waals surface area (Å²) in [5.41, 5.74) is 4.43. The summed E-state index contributed by atoms with van der Waals surface area (Å²) < 4.78 is 0. The van der Waals surface area contributed by atoms with Gasteiger partial charge < -0.3 is 0 Å². The molecule has 0 nitrogen and oxygen atoms in total. The number of hydrogen-bond donors (Lipinski definition) is 0. The summed E-state index contributed by atoms with van der Waals surface area (Å²) >= 11 is 0. The molecule has 1 rings (SSSR count). The fraction of sp³-hybridized carbons (Fsp3) is 0.467. The Morgan fingerprint density at radius 2 is 2.13 bits per heavy atom. The van der Waals surface area contributed by atoms with Crippen LogP contribution in [-0.2, 0) is 0 Å². The first-order valence-corrected chi connectivity index (χ1v) is 5.66. The van der Waals surface area contributed by atoms with Gasteiger partial charge in [0, 0.05) is 0 Å². The van der Waals surface area contributed by atoms with Gasteiger partial charge in [-0.3, -0.25) is 0 Å². The molecule has 0 amide bonds. The van der Waals surface area contributed by atoms with Crippen molar-refractivity contribution >= 4 is 0 Å². The third-order valence-electron chi connectivity index (χ3n) is 3.21.